The number of hydrogen-bond donors (Lipinski definition) is 1. The van der Waals surface area contributed by atoms with Gasteiger partial charge in [-0.05, 0) is 61.8 Å². The molecule has 7 heteroatoms. The Hall–Kier alpha value is -0.690. The van der Waals surface area contributed by atoms with E-state index in [0.717, 1.165) is 19.3 Å². The maximum Gasteiger partial charge on any atom is 0.243 e. The van der Waals surface area contributed by atoms with Gasteiger partial charge in [-0.25, -0.2) is 12.8 Å². The Kier molecular flexibility index (Phi) is 5.41. The van der Waals surface area contributed by atoms with Crippen LogP contribution in [0.3, 0.4) is 0 Å². The van der Waals surface area contributed by atoms with Crippen LogP contribution < -0.4 is 5.73 Å². The number of sulfonamides is 1. The van der Waals surface area contributed by atoms with Gasteiger partial charge in [0.25, 0.3) is 0 Å². The molecule has 3 unspecified atom stereocenters. The lowest BCUT2D eigenvalue weighted by Crippen LogP contribution is -2.38. The van der Waals surface area contributed by atoms with Crippen molar-refractivity contribution in [1.82, 2.24) is 4.31 Å². The van der Waals surface area contributed by atoms with Crippen LogP contribution in [0.25, 0.3) is 0 Å². The van der Waals surface area contributed by atoms with E-state index in [1.807, 2.05) is 0 Å². The summed E-state index contributed by atoms with van der Waals surface area (Å²) in [6, 6.07) is 2.66. The molecule has 1 saturated heterocycles. The molecule has 0 aromatic heterocycles. The van der Waals surface area contributed by atoms with Crippen LogP contribution in [0.2, 0.25) is 0 Å². The highest BCUT2D eigenvalue weighted by Gasteiger charge is 2.43. The first-order valence-corrected chi connectivity index (χ1v) is 9.27. The van der Waals surface area contributed by atoms with Crippen molar-refractivity contribution in [2.45, 2.75) is 44.0 Å². The molecule has 1 aromatic carbocycles. The van der Waals surface area contributed by atoms with Crippen LogP contribution in [0.1, 0.15) is 30.4 Å². The Morgan fingerprint density at radius 2 is 1.78 bits per heavy atom. The van der Waals surface area contributed by atoms with Crippen molar-refractivity contribution >= 4 is 22.4 Å². The fourth-order valence-electron chi connectivity index (χ4n) is 4.11. The van der Waals surface area contributed by atoms with E-state index >= 15 is 0 Å². The highest BCUT2D eigenvalue weighted by molar-refractivity contribution is 7.89. The van der Waals surface area contributed by atoms with Crippen molar-refractivity contribution in [3.8, 4) is 0 Å². The van der Waals surface area contributed by atoms with Gasteiger partial charge in [-0.3, -0.25) is 0 Å². The van der Waals surface area contributed by atoms with Gasteiger partial charge in [0.15, 0.2) is 0 Å². The number of rotatable bonds is 2. The molecule has 3 rings (SSSR count). The summed E-state index contributed by atoms with van der Waals surface area (Å²) in [7, 11) is -3.59. The minimum atomic E-state index is -3.59. The first kappa shape index (κ1) is 18.6. The van der Waals surface area contributed by atoms with Crippen molar-refractivity contribution in [3.05, 3.63) is 29.1 Å². The number of fused-ring (bicyclic) bond motifs is 1. The van der Waals surface area contributed by atoms with E-state index in [1.54, 1.807) is 18.2 Å². The van der Waals surface area contributed by atoms with Gasteiger partial charge in [0, 0.05) is 19.1 Å². The van der Waals surface area contributed by atoms with Gasteiger partial charge >= 0.3 is 0 Å². The minimum Gasteiger partial charge on any atom is -0.327 e. The Morgan fingerprint density at radius 1 is 1.17 bits per heavy atom. The molecule has 0 amide bonds. The number of nitrogens with two attached hydrogens (primary N) is 1. The first-order chi connectivity index (χ1) is 10.3. The molecular weight excluding hydrogens is 339 g/mol. The molecule has 1 aliphatic heterocycles. The molecule has 2 aliphatic rings. The maximum atomic E-state index is 13.4. The van der Waals surface area contributed by atoms with Crippen LogP contribution in [0.15, 0.2) is 17.0 Å². The van der Waals surface area contributed by atoms with Crippen molar-refractivity contribution < 1.29 is 12.8 Å². The number of aryl methyl sites for hydroxylation is 2. The lowest BCUT2D eigenvalue weighted by molar-refractivity contribution is 0.260. The van der Waals surface area contributed by atoms with Gasteiger partial charge in [-0.1, -0.05) is 6.42 Å². The normalized spacial score (nSPS) is 28.3. The lowest BCUT2D eigenvalue weighted by atomic mass is 9.78. The van der Waals surface area contributed by atoms with Crippen molar-refractivity contribution in [3.63, 3.8) is 0 Å². The SMILES string of the molecule is Cc1cc(F)cc(C)c1S(=O)(=O)N1CC2CCCC(N)C2C1.Cl. The number of halogens is 2. The Labute approximate surface area is 143 Å². The predicted molar refractivity (Wildman–Crippen MR) is 90.7 cm³/mol. The minimum absolute atomic E-state index is 0. The summed E-state index contributed by atoms with van der Waals surface area (Å²) in [6.07, 6.45) is 3.10. The quantitative estimate of drug-likeness (QED) is 0.879. The standard InChI is InChI=1S/C16H23FN2O2S.ClH/c1-10-6-13(17)7-11(2)16(10)22(20,21)19-8-12-4-3-5-15(18)14(12)9-19;/h6-7,12,14-15H,3-5,8-9,18H2,1-2H3;1H. The topological polar surface area (TPSA) is 63.4 Å². The van der Waals surface area contributed by atoms with E-state index in [-0.39, 0.29) is 29.3 Å². The lowest BCUT2D eigenvalue weighted by Gasteiger charge is -2.29. The summed E-state index contributed by atoms with van der Waals surface area (Å²) in [4.78, 5) is 0.251. The zero-order valence-electron chi connectivity index (χ0n) is 13.5. The molecule has 2 fully saturated rings. The third kappa shape index (κ3) is 3.27. The largest absolute Gasteiger partial charge is 0.327 e. The van der Waals surface area contributed by atoms with Gasteiger partial charge < -0.3 is 5.73 Å². The molecule has 0 bridgehead atoms. The van der Waals surface area contributed by atoms with E-state index in [9.17, 15) is 12.8 Å². The van der Waals surface area contributed by atoms with Gasteiger partial charge in [0.2, 0.25) is 10.0 Å². The third-order valence-electron chi connectivity index (χ3n) is 5.14. The van der Waals surface area contributed by atoms with Crippen LogP contribution in [-0.2, 0) is 10.0 Å². The smallest absolute Gasteiger partial charge is 0.243 e. The molecule has 3 atom stereocenters. The van der Waals surface area contributed by atoms with Gasteiger partial charge in [0.05, 0.1) is 4.90 Å². The van der Waals surface area contributed by atoms with Crippen LogP contribution in [0.4, 0.5) is 4.39 Å². The second-order valence-corrected chi connectivity index (χ2v) is 8.58. The van der Waals surface area contributed by atoms with Crippen LogP contribution in [-0.4, -0.2) is 31.9 Å². The Balaban J connectivity index is 0.00000192. The summed E-state index contributed by atoms with van der Waals surface area (Å²) in [5, 5.41) is 0. The van der Waals surface area contributed by atoms with Gasteiger partial charge in [-0.2, -0.15) is 4.31 Å². The zero-order chi connectivity index (χ0) is 16.1. The molecule has 0 radical (unpaired) electrons. The van der Waals surface area contributed by atoms with Crippen LogP contribution >= 0.6 is 12.4 Å². The highest BCUT2D eigenvalue weighted by Crippen LogP contribution is 2.38. The van der Waals surface area contributed by atoms with Crippen LogP contribution in [0, 0.1) is 31.5 Å². The average Bonchev–Trinajstić information content (AvgIpc) is 2.83. The van der Waals surface area contributed by atoms with Crippen LogP contribution in [0.5, 0.6) is 0 Å². The number of benzene rings is 1. The summed E-state index contributed by atoms with van der Waals surface area (Å²) in [5.41, 5.74) is 7.11. The van der Waals surface area contributed by atoms with Gasteiger partial charge in [-0.15, -0.1) is 12.4 Å². The second kappa shape index (κ2) is 6.67. The molecule has 1 aromatic rings. The molecular formula is C16H24ClFN2O2S. The first-order valence-electron chi connectivity index (χ1n) is 7.83. The summed E-state index contributed by atoms with van der Waals surface area (Å²) < 4.78 is 41.0. The molecule has 2 N–H and O–H groups in total. The van der Waals surface area contributed by atoms with E-state index in [1.165, 1.54) is 12.1 Å². The maximum absolute atomic E-state index is 13.4. The van der Waals surface area contributed by atoms with E-state index in [4.69, 9.17) is 5.73 Å². The van der Waals surface area contributed by atoms with Crippen molar-refractivity contribution in [2.75, 3.05) is 13.1 Å². The zero-order valence-corrected chi connectivity index (χ0v) is 15.1. The van der Waals surface area contributed by atoms with E-state index < -0.39 is 15.8 Å². The highest BCUT2D eigenvalue weighted by atomic mass is 35.5. The monoisotopic (exact) mass is 362 g/mol. The molecule has 130 valence electrons. The molecule has 0 spiro atoms. The Bertz CT molecular complexity index is 672. The Morgan fingerprint density at radius 3 is 2.35 bits per heavy atom. The number of hydrogen-bond acceptors (Lipinski definition) is 3. The third-order valence-corrected chi connectivity index (χ3v) is 7.28. The fraction of sp³-hybridized carbons (Fsp3) is 0.625. The molecule has 1 saturated carbocycles. The second-order valence-electron chi connectivity index (χ2n) is 6.71. The summed E-state index contributed by atoms with van der Waals surface area (Å²) in [5.74, 6) is 0.218. The van der Waals surface area contributed by atoms with Crippen molar-refractivity contribution in [2.24, 2.45) is 17.6 Å². The number of nitrogens with zero attached hydrogens (tertiary/aromatic N) is 1. The summed E-state index contributed by atoms with van der Waals surface area (Å²) in [6.45, 7) is 4.33. The fourth-order valence-corrected chi connectivity index (χ4v) is 6.05. The predicted octanol–water partition coefficient (Wildman–Crippen LogP) is 2.61. The summed E-state index contributed by atoms with van der Waals surface area (Å²) >= 11 is 0. The molecule has 1 heterocycles. The van der Waals surface area contributed by atoms with Crippen molar-refractivity contribution in [1.29, 1.82) is 0 Å². The van der Waals surface area contributed by atoms with E-state index in [0.29, 0.717) is 30.1 Å². The molecule has 4 nitrogen and oxygen atoms in total. The van der Waals surface area contributed by atoms with Gasteiger partial charge in [0.1, 0.15) is 5.82 Å². The average molecular weight is 363 g/mol. The molecule has 1 aliphatic carbocycles. The van der Waals surface area contributed by atoms with E-state index in [2.05, 4.69) is 0 Å². The molecule has 23 heavy (non-hydrogen) atoms.